The highest BCUT2D eigenvalue weighted by Crippen LogP contribution is 2.20. The molecule has 1 aromatic heterocycles. The summed E-state index contributed by atoms with van der Waals surface area (Å²) in [5, 5.41) is 2.49. The van der Waals surface area contributed by atoms with Crippen molar-refractivity contribution in [2.24, 2.45) is 0 Å². The largest absolute Gasteiger partial charge is 0.465 e. The maximum absolute atomic E-state index is 12.7. The van der Waals surface area contributed by atoms with E-state index in [0.717, 1.165) is 11.1 Å². The van der Waals surface area contributed by atoms with E-state index in [4.69, 9.17) is 9.47 Å². The number of aromatic nitrogens is 1. The van der Waals surface area contributed by atoms with Crippen LogP contribution >= 0.6 is 0 Å². The van der Waals surface area contributed by atoms with Crippen molar-refractivity contribution in [3.8, 4) is 0 Å². The number of methoxy groups -OCH3 is 1. The molecular formula is C22H26N2O6. The Labute approximate surface area is 175 Å². The number of ether oxygens (including phenoxy) is 2. The fourth-order valence-corrected chi connectivity index (χ4v) is 3.26. The molecular weight excluding hydrogens is 388 g/mol. The average molecular weight is 414 g/mol. The van der Waals surface area contributed by atoms with Crippen molar-refractivity contribution >= 4 is 23.6 Å². The Morgan fingerprint density at radius 3 is 2.20 bits per heavy atom. The SMILES string of the molecule is COC(=O)c1c(C)[nH]c(C(=O)C(C)OC(=O)CNC(=O)c2cc(C)cc(C)c2)c1C. The van der Waals surface area contributed by atoms with E-state index < -0.39 is 29.7 Å². The van der Waals surface area contributed by atoms with E-state index in [9.17, 15) is 19.2 Å². The van der Waals surface area contributed by atoms with Crippen LogP contribution in [0, 0.1) is 27.7 Å². The highest BCUT2D eigenvalue weighted by atomic mass is 16.5. The van der Waals surface area contributed by atoms with Gasteiger partial charge < -0.3 is 19.8 Å². The first-order valence-corrected chi connectivity index (χ1v) is 9.42. The number of Topliss-reactive ketones (excluding diaryl/α,β-unsaturated/α-hetero) is 1. The monoisotopic (exact) mass is 414 g/mol. The van der Waals surface area contributed by atoms with Gasteiger partial charge in [-0.1, -0.05) is 17.2 Å². The quantitative estimate of drug-likeness (QED) is 0.532. The zero-order valence-corrected chi connectivity index (χ0v) is 18.0. The Morgan fingerprint density at radius 1 is 1.03 bits per heavy atom. The van der Waals surface area contributed by atoms with Gasteiger partial charge in [0.15, 0.2) is 6.10 Å². The second kappa shape index (κ2) is 9.39. The summed E-state index contributed by atoms with van der Waals surface area (Å²) in [5.41, 5.74) is 3.68. The van der Waals surface area contributed by atoms with E-state index in [2.05, 4.69) is 10.3 Å². The van der Waals surface area contributed by atoms with Gasteiger partial charge in [-0.05, 0) is 52.3 Å². The van der Waals surface area contributed by atoms with E-state index in [1.807, 2.05) is 19.9 Å². The Bertz CT molecular complexity index is 985. The molecule has 2 aromatic rings. The number of aromatic amines is 1. The molecule has 0 fully saturated rings. The van der Waals surface area contributed by atoms with Crippen LogP contribution in [0.2, 0.25) is 0 Å². The first kappa shape index (κ1) is 22.9. The van der Waals surface area contributed by atoms with Crippen molar-refractivity contribution in [2.45, 2.75) is 40.7 Å². The topological polar surface area (TPSA) is 115 Å². The molecule has 0 radical (unpaired) electrons. The zero-order chi connectivity index (χ0) is 22.6. The minimum absolute atomic E-state index is 0.174. The van der Waals surface area contributed by atoms with Gasteiger partial charge in [0.05, 0.1) is 18.4 Å². The number of rotatable bonds is 7. The molecule has 160 valence electrons. The lowest BCUT2D eigenvalue weighted by Crippen LogP contribution is -2.34. The lowest BCUT2D eigenvalue weighted by Gasteiger charge is -2.13. The van der Waals surface area contributed by atoms with Gasteiger partial charge in [-0.2, -0.15) is 0 Å². The van der Waals surface area contributed by atoms with E-state index >= 15 is 0 Å². The second-order valence-corrected chi connectivity index (χ2v) is 7.17. The maximum atomic E-state index is 12.7. The number of esters is 2. The fourth-order valence-electron chi connectivity index (χ4n) is 3.26. The molecule has 0 saturated heterocycles. The van der Waals surface area contributed by atoms with Gasteiger partial charge in [0.2, 0.25) is 5.78 Å². The summed E-state index contributed by atoms with van der Waals surface area (Å²) in [6.07, 6.45) is -1.10. The van der Waals surface area contributed by atoms with E-state index in [-0.39, 0.29) is 17.8 Å². The van der Waals surface area contributed by atoms with Crippen LogP contribution in [0.4, 0.5) is 0 Å². The molecule has 1 aromatic carbocycles. The van der Waals surface area contributed by atoms with Crippen molar-refractivity contribution < 1.29 is 28.7 Å². The van der Waals surface area contributed by atoms with Crippen LogP contribution in [0.3, 0.4) is 0 Å². The highest BCUT2D eigenvalue weighted by molar-refractivity contribution is 6.04. The van der Waals surface area contributed by atoms with Crippen molar-refractivity contribution in [3.63, 3.8) is 0 Å². The molecule has 8 nitrogen and oxygen atoms in total. The Balaban J connectivity index is 1.99. The first-order chi connectivity index (χ1) is 14.0. The van der Waals surface area contributed by atoms with E-state index in [0.29, 0.717) is 16.8 Å². The van der Waals surface area contributed by atoms with E-state index in [1.165, 1.54) is 14.0 Å². The molecule has 1 amide bonds. The number of carbonyl (C=O) groups excluding carboxylic acids is 4. The van der Waals surface area contributed by atoms with Crippen LogP contribution in [0.1, 0.15) is 60.5 Å². The normalized spacial score (nSPS) is 11.5. The third-order valence-electron chi connectivity index (χ3n) is 4.63. The standard InChI is InChI=1S/C22H26N2O6/c1-11-7-12(2)9-16(8-11)21(27)23-10-17(25)30-15(5)20(26)19-13(3)18(14(4)24-19)22(28)29-6/h7-9,15,24H,10H2,1-6H3,(H,23,27). The molecule has 1 unspecified atom stereocenters. The summed E-state index contributed by atoms with van der Waals surface area (Å²) in [4.78, 5) is 51.7. The van der Waals surface area contributed by atoms with Gasteiger partial charge in [0.25, 0.3) is 5.91 Å². The van der Waals surface area contributed by atoms with Crippen LogP contribution in [0.5, 0.6) is 0 Å². The van der Waals surface area contributed by atoms with Crippen LogP contribution in [-0.4, -0.2) is 48.4 Å². The molecule has 0 aliphatic heterocycles. The van der Waals surface area contributed by atoms with Crippen LogP contribution in [0.15, 0.2) is 18.2 Å². The Morgan fingerprint density at radius 2 is 1.63 bits per heavy atom. The lowest BCUT2D eigenvalue weighted by molar-refractivity contribution is -0.145. The molecule has 1 heterocycles. The van der Waals surface area contributed by atoms with Crippen LogP contribution < -0.4 is 5.32 Å². The summed E-state index contributed by atoms with van der Waals surface area (Å²) in [7, 11) is 1.26. The minimum atomic E-state index is -1.10. The number of benzene rings is 1. The smallest absolute Gasteiger partial charge is 0.339 e. The number of hydrogen-bond acceptors (Lipinski definition) is 6. The predicted octanol–water partition coefficient (Wildman–Crippen LogP) is 2.58. The highest BCUT2D eigenvalue weighted by Gasteiger charge is 2.27. The molecule has 0 bridgehead atoms. The number of amides is 1. The third kappa shape index (κ3) is 5.14. The second-order valence-electron chi connectivity index (χ2n) is 7.17. The van der Waals surface area contributed by atoms with Gasteiger partial charge in [-0.25, -0.2) is 4.79 Å². The van der Waals surface area contributed by atoms with Crippen LogP contribution in [0.25, 0.3) is 0 Å². The number of nitrogens with one attached hydrogen (secondary N) is 2. The third-order valence-corrected chi connectivity index (χ3v) is 4.63. The van der Waals surface area contributed by atoms with Gasteiger partial charge in [0, 0.05) is 11.3 Å². The van der Waals surface area contributed by atoms with Crippen molar-refractivity contribution in [1.29, 1.82) is 0 Å². The molecule has 1 atom stereocenters. The number of carbonyl (C=O) groups is 4. The molecule has 8 heteroatoms. The minimum Gasteiger partial charge on any atom is -0.465 e. The van der Waals surface area contributed by atoms with Crippen molar-refractivity contribution in [2.75, 3.05) is 13.7 Å². The van der Waals surface area contributed by atoms with Gasteiger partial charge in [0.1, 0.15) is 6.54 Å². The maximum Gasteiger partial charge on any atom is 0.339 e. The average Bonchev–Trinajstić information content (AvgIpc) is 2.98. The van der Waals surface area contributed by atoms with Crippen molar-refractivity contribution in [1.82, 2.24) is 10.3 Å². The number of aryl methyl sites for hydroxylation is 3. The lowest BCUT2D eigenvalue weighted by atomic mass is 10.1. The summed E-state index contributed by atoms with van der Waals surface area (Å²) in [6.45, 7) is 8.07. The molecule has 0 aliphatic carbocycles. The Hall–Kier alpha value is -3.42. The summed E-state index contributed by atoms with van der Waals surface area (Å²) < 4.78 is 9.88. The predicted molar refractivity (Wildman–Crippen MR) is 110 cm³/mol. The molecule has 0 spiro atoms. The van der Waals surface area contributed by atoms with Gasteiger partial charge in [-0.15, -0.1) is 0 Å². The summed E-state index contributed by atoms with van der Waals surface area (Å²) in [5.74, 6) is -2.20. The molecule has 0 aliphatic rings. The number of H-pyrrole nitrogens is 1. The number of ketones is 1. The van der Waals surface area contributed by atoms with Gasteiger partial charge in [-0.3, -0.25) is 14.4 Å². The molecule has 2 N–H and O–H groups in total. The summed E-state index contributed by atoms with van der Waals surface area (Å²) >= 11 is 0. The van der Waals surface area contributed by atoms with E-state index in [1.54, 1.807) is 26.0 Å². The molecule has 30 heavy (non-hydrogen) atoms. The van der Waals surface area contributed by atoms with Crippen LogP contribution in [-0.2, 0) is 14.3 Å². The zero-order valence-electron chi connectivity index (χ0n) is 18.0. The van der Waals surface area contributed by atoms with Crippen molar-refractivity contribution in [3.05, 3.63) is 57.4 Å². The Kier molecular flexibility index (Phi) is 7.15. The van der Waals surface area contributed by atoms with Gasteiger partial charge >= 0.3 is 11.9 Å². The molecule has 0 saturated carbocycles. The number of hydrogen-bond donors (Lipinski definition) is 2. The molecule has 2 rings (SSSR count). The first-order valence-electron chi connectivity index (χ1n) is 9.42. The summed E-state index contributed by atoms with van der Waals surface area (Å²) in [6, 6.07) is 5.37. The fraction of sp³-hybridized carbons (Fsp3) is 0.364.